The molecule has 1 aromatic rings. The molecule has 1 amide bonds. The molecular formula is C16H20N2O. The van der Waals surface area contributed by atoms with Crippen LogP contribution in [0.2, 0.25) is 0 Å². The van der Waals surface area contributed by atoms with Crippen molar-refractivity contribution in [1.82, 2.24) is 5.32 Å². The summed E-state index contributed by atoms with van der Waals surface area (Å²) in [7, 11) is 0. The molecule has 3 heteroatoms. The summed E-state index contributed by atoms with van der Waals surface area (Å²) in [5.74, 6) is 0.137. The number of carbonyl (C=O) groups excluding carboxylic acids is 1. The lowest BCUT2D eigenvalue weighted by Crippen LogP contribution is -2.51. The van der Waals surface area contributed by atoms with Gasteiger partial charge in [-0.05, 0) is 25.3 Å². The monoisotopic (exact) mass is 256 g/mol. The summed E-state index contributed by atoms with van der Waals surface area (Å²) in [4.78, 5) is 11.2. The second-order valence-corrected chi connectivity index (χ2v) is 5.89. The minimum atomic E-state index is -0.393. The highest BCUT2D eigenvalue weighted by Gasteiger charge is 2.42. The van der Waals surface area contributed by atoms with Gasteiger partial charge < -0.3 is 11.1 Å². The Morgan fingerprint density at radius 2 is 2.21 bits per heavy atom. The Labute approximate surface area is 113 Å². The number of fused-ring (bicyclic) bond motifs is 3. The van der Waals surface area contributed by atoms with Crippen LogP contribution in [-0.2, 0) is 4.79 Å². The Bertz CT molecular complexity index is 549. The average Bonchev–Trinajstić information content (AvgIpc) is 2.37. The lowest BCUT2D eigenvalue weighted by Gasteiger charge is -2.48. The van der Waals surface area contributed by atoms with E-state index in [-0.39, 0.29) is 5.54 Å². The summed E-state index contributed by atoms with van der Waals surface area (Å²) >= 11 is 0. The fourth-order valence-corrected chi connectivity index (χ4v) is 3.66. The normalized spacial score (nSPS) is 31.2. The van der Waals surface area contributed by atoms with Gasteiger partial charge >= 0.3 is 0 Å². The molecule has 0 aromatic heterocycles. The molecule has 100 valence electrons. The predicted molar refractivity (Wildman–Crippen MR) is 76.4 cm³/mol. The maximum atomic E-state index is 11.2. The first-order valence-corrected chi connectivity index (χ1v) is 6.99. The highest BCUT2D eigenvalue weighted by atomic mass is 16.1. The molecule has 3 N–H and O–H groups in total. The van der Waals surface area contributed by atoms with E-state index in [9.17, 15) is 4.79 Å². The third-order valence-electron chi connectivity index (χ3n) is 4.54. The number of hydrogen-bond acceptors (Lipinski definition) is 2. The van der Waals surface area contributed by atoms with Crippen molar-refractivity contribution in [3.8, 4) is 0 Å². The minimum Gasteiger partial charge on any atom is -0.379 e. The zero-order valence-electron chi connectivity index (χ0n) is 11.3. The van der Waals surface area contributed by atoms with Crippen LogP contribution in [0.4, 0.5) is 0 Å². The Balaban J connectivity index is 2.14. The van der Waals surface area contributed by atoms with Crippen LogP contribution in [-0.4, -0.2) is 11.4 Å². The summed E-state index contributed by atoms with van der Waals surface area (Å²) in [6.07, 6.45) is 6.40. The fourth-order valence-electron chi connectivity index (χ4n) is 3.66. The van der Waals surface area contributed by atoms with E-state index in [0.29, 0.717) is 5.92 Å². The summed E-state index contributed by atoms with van der Waals surface area (Å²) in [5, 5.41) is 3.58. The number of nitrogens with two attached hydrogens (primary N) is 1. The summed E-state index contributed by atoms with van der Waals surface area (Å²) in [6.45, 7) is 2.27. The topological polar surface area (TPSA) is 55.1 Å². The van der Waals surface area contributed by atoms with Gasteiger partial charge in [-0.15, -0.1) is 0 Å². The second kappa shape index (κ2) is 4.41. The summed E-state index contributed by atoms with van der Waals surface area (Å²) < 4.78 is 0. The van der Waals surface area contributed by atoms with Crippen molar-refractivity contribution in [2.75, 3.05) is 0 Å². The van der Waals surface area contributed by atoms with E-state index < -0.39 is 5.91 Å². The molecule has 1 saturated carbocycles. The van der Waals surface area contributed by atoms with Crippen LogP contribution >= 0.6 is 0 Å². The lowest BCUT2D eigenvalue weighted by molar-refractivity contribution is -0.113. The molecule has 3 rings (SSSR count). The SMILES string of the molecule is C[C@]12CCCC[C@@H]1c1ccccc1/C(=C\C(N)=O)N2. The first-order valence-electron chi connectivity index (χ1n) is 6.99. The van der Waals surface area contributed by atoms with Gasteiger partial charge in [0.05, 0.1) is 0 Å². The smallest absolute Gasteiger partial charge is 0.243 e. The standard InChI is InChI=1S/C16H20N2O/c1-16-9-5-4-8-13(16)11-6-2-3-7-12(11)14(18-16)10-15(17)19/h2-3,6-7,10,13,18H,4-5,8-9H2,1H3,(H2,17,19)/b14-10+/t13-,16+/m1/s1. The molecule has 0 unspecified atom stereocenters. The average molecular weight is 256 g/mol. The molecule has 0 bridgehead atoms. The first-order chi connectivity index (χ1) is 9.10. The van der Waals surface area contributed by atoms with Crippen molar-refractivity contribution in [3.63, 3.8) is 0 Å². The molecule has 1 heterocycles. The summed E-state index contributed by atoms with van der Waals surface area (Å²) in [6, 6.07) is 8.37. The highest BCUT2D eigenvalue weighted by molar-refractivity contribution is 5.94. The Morgan fingerprint density at radius 1 is 1.42 bits per heavy atom. The van der Waals surface area contributed by atoms with Crippen LogP contribution in [0.3, 0.4) is 0 Å². The third kappa shape index (κ3) is 2.03. The molecule has 0 saturated heterocycles. The number of amides is 1. The Kier molecular flexibility index (Phi) is 2.85. The molecule has 2 atom stereocenters. The minimum absolute atomic E-state index is 0.0495. The van der Waals surface area contributed by atoms with Crippen molar-refractivity contribution in [3.05, 3.63) is 41.5 Å². The van der Waals surface area contributed by atoms with E-state index in [2.05, 4.69) is 30.4 Å². The van der Waals surface area contributed by atoms with Gasteiger partial charge in [0.2, 0.25) is 5.91 Å². The van der Waals surface area contributed by atoms with Crippen LogP contribution in [0, 0.1) is 0 Å². The zero-order valence-corrected chi connectivity index (χ0v) is 11.3. The number of hydrogen-bond donors (Lipinski definition) is 2. The van der Waals surface area contributed by atoms with E-state index in [4.69, 9.17) is 5.73 Å². The highest BCUT2D eigenvalue weighted by Crippen LogP contribution is 2.47. The Hall–Kier alpha value is -1.77. The number of carbonyl (C=O) groups is 1. The predicted octanol–water partition coefficient (Wildman–Crippen LogP) is 2.53. The van der Waals surface area contributed by atoms with Crippen molar-refractivity contribution in [1.29, 1.82) is 0 Å². The van der Waals surface area contributed by atoms with Gasteiger partial charge in [-0.25, -0.2) is 0 Å². The van der Waals surface area contributed by atoms with E-state index in [1.165, 1.54) is 30.9 Å². The van der Waals surface area contributed by atoms with Crippen molar-refractivity contribution in [2.24, 2.45) is 5.73 Å². The maximum Gasteiger partial charge on any atom is 0.243 e. The van der Waals surface area contributed by atoms with Crippen LogP contribution in [0.1, 0.15) is 49.7 Å². The van der Waals surface area contributed by atoms with Crippen LogP contribution < -0.4 is 11.1 Å². The lowest BCUT2D eigenvalue weighted by atomic mass is 9.67. The molecule has 1 aromatic carbocycles. The molecular weight excluding hydrogens is 236 g/mol. The number of rotatable bonds is 1. The van der Waals surface area contributed by atoms with Gasteiger partial charge in [0.1, 0.15) is 0 Å². The molecule has 3 nitrogen and oxygen atoms in total. The van der Waals surface area contributed by atoms with E-state index >= 15 is 0 Å². The third-order valence-corrected chi connectivity index (χ3v) is 4.54. The molecule has 19 heavy (non-hydrogen) atoms. The molecule has 1 fully saturated rings. The fraction of sp³-hybridized carbons (Fsp3) is 0.438. The number of benzene rings is 1. The maximum absolute atomic E-state index is 11.2. The van der Waals surface area contributed by atoms with Gasteiger partial charge in [-0.1, -0.05) is 37.1 Å². The van der Waals surface area contributed by atoms with Crippen molar-refractivity contribution in [2.45, 2.75) is 44.1 Å². The van der Waals surface area contributed by atoms with E-state index in [1.807, 2.05) is 6.07 Å². The van der Waals surface area contributed by atoms with Gasteiger partial charge in [0, 0.05) is 28.8 Å². The Morgan fingerprint density at radius 3 is 3.00 bits per heavy atom. The molecule has 1 aliphatic carbocycles. The van der Waals surface area contributed by atoms with E-state index in [0.717, 1.165) is 17.7 Å². The van der Waals surface area contributed by atoms with Gasteiger partial charge in [0.15, 0.2) is 0 Å². The van der Waals surface area contributed by atoms with Crippen molar-refractivity contribution >= 4 is 11.6 Å². The number of primary amides is 1. The second-order valence-electron chi connectivity index (χ2n) is 5.89. The van der Waals surface area contributed by atoms with Crippen molar-refractivity contribution < 1.29 is 4.79 Å². The van der Waals surface area contributed by atoms with Gasteiger partial charge in [0.25, 0.3) is 0 Å². The van der Waals surface area contributed by atoms with E-state index in [1.54, 1.807) is 0 Å². The largest absolute Gasteiger partial charge is 0.379 e. The zero-order chi connectivity index (χ0) is 13.5. The summed E-state index contributed by atoms with van der Waals surface area (Å²) in [5.41, 5.74) is 8.75. The molecule has 1 aliphatic heterocycles. The molecule has 0 radical (unpaired) electrons. The quantitative estimate of drug-likeness (QED) is 0.759. The van der Waals surface area contributed by atoms with Crippen LogP contribution in [0.15, 0.2) is 30.3 Å². The molecule has 0 spiro atoms. The molecule has 2 aliphatic rings. The van der Waals surface area contributed by atoms with Crippen LogP contribution in [0.25, 0.3) is 5.70 Å². The van der Waals surface area contributed by atoms with Gasteiger partial charge in [-0.2, -0.15) is 0 Å². The van der Waals surface area contributed by atoms with Crippen LogP contribution in [0.5, 0.6) is 0 Å². The first kappa shape index (κ1) is 12.3. The van der Waals surface area contributed by atoms with Gasteiger partial charge in [-0.3, -0.25) is 4.79 Å². The number of nitrogens with one attached hydrogen (secondary N) is 1.